The van der Waals surface area contributed by atoms with Gasteiger partial charge in [-0.3, -0.25) is 4.57 Å². The van der Waals surface area contributed by atoms with E-state index < -0.39 is 7.60 Å². The van der Waals surface area contributed by atoms with Gasteiger partial charge >= 0.3 is 7.60 Å². The van der Waals surface area contributed by atoms with Crippen molar-refractivity contribution in [2.75, 3.05) is 18.5 Å². The molecule has 0 spiro atoms. The lowest BCUT2D eigenvalue weighted by Crippen LogP contribution is -2.18. The van der Waals surface area contributed by atoms with E-state index in [1.54, 1.807) is 20.0 Å². The van der Waals surface area contributed by atoms with Crippen molar-refractivity contribution in [1.82, 2.24) is 4.98 Å². The van der Waals surface area contributed by atoms with Gasteiger partial charge in [0.1, 0.15) is 11.1 Å². The molecule has 0 unspecified atom stereocenters. The van der Waals surface area contributed by atoms with E-state index >= 15 is 0 Å². The zero-order valence-electron chi connectivity index (χ0n) is 13.8. The normalized spacial score (nSPS) is 11.4. The fourth-order valence-electron chi connectivity index (χ4n) is 2.20. The summed E-state index contributed by atoms with van der Waals surface area (Å²) in [5, 5.41) is 3.72. The van der Waals surface area contributed by atoms with Gasteiger partial charge in [-0.25, -0.2) is 4.98 Å². The smallest absolute Gasteiger partial charge is 0.365 e. The molecule has 1 heterocycles. The number of nitrogens with one attached hydrogen (secondary N) is 1. The summed E-state index contributed by atoms with van der Waals surface area (Å²) in [5.41, 5.74) is 2.02. The Morgan fingerprint density at radius 1 is 1.13 bits per heavy atom. The molecule has 1 N–H and O–H groups in total. The second kappa shape index (κ2) is 8.25. The van der Waals surface area contributed by atoms with Crippen LogP contribution in [0.25, 0.3) is 0 Å². The Morgan fingerprint density at radius 2 is 1.78 bits per heavy atom. The maximum Gasteiger partial charge on any atom is 0.365 e. The van der Waals surface area contributed by atoms with E-state index in [-0.39, 0.29) is 0 Å². The molecule has 1 aromatic heterocycles. The molecule has 0 saturated heterocycles. The third-order valence-electron chi connectivity index (χ3n) is 3.20. The maximum atomic E-state index is 13.1. The standard InChI is InChI=1S/C17H23N2O3P/c1-4-21-23(20,22-5-2)16-11-14(3)12-18-17(16)19-13-15-9-7-6-8-10-15/h6-12H,4-5,13H2,1-3H3,(H,18,19). The molecule has 2 rings (SSSR count). The van der Waals surface area contributed by atoms with Crippen molar-refractivity contribution in [3.05, 3.63) is 53.7 Å². The highest BCUT2D eigenvalue weighted by atomic mass is 31.2. The summed E-state index contributed by atoms with van der Waals surface area (Å²) in [6.07, 6.45) is 1.74. The minimum Gasteiger partial charge on any atom is -0.365 e. The number of rotatable bonds is 8. The van der Waals surface area contributed by atoms with Crippen molar-refractivity contribution in [3.8, 4) is 0 Å². The van der Waals surface area contributed by atoms with Crippen LogP contribution in [-0.2, 0) is 20.2 Å². The number of benzene rings is 1. The third-order valence-corrected chi connectivity index (χ3v) is 5.33. The maximum absolute atomic E-state index is 13.1. The number of hydrogen-bond donors (Lipinski definition) is 1. The largest absolute Gasteiger partial charge is 0.365 e. The number of pyridine rings is 1. The average molecular weight is 334 g/mol. The molecular formula is C17H23N2O3P. The topological polar surface area (TPSA) is 60.5 Å². The minimum absolute atomic E-state index is 0.309. The summed E-state index contributed by atoms with van der Waals surface area (Å²) in [6, 6.07) is 11.8. The highest BCUT2D eigenvalue weighted by Gasteiger charge is 2.30. The van der Waals surface area contributed by atoms with Crippen molar-refractivity contribution in [3.63, 3.8) is 0 Å². The first-order chi connectivity index (χ1) is 11.1. The molecule has 6 heteroatoms. The Labute approximate surface area is 137 Å². The highest BCUT2D eigenvalue weighted by molar-refractivity contribution is 7.62. The fraction of sp³-hybridized carbons (Fsp3) is 0.353. The predicted octanol–water partition coefficient (Wildman–Crippen LogP) is 3.89. The molecule has 0 aliphatic rings. The van der Waals surface area contributed by atoms with E-state index in [1.165, 1.54) is 0 Å². The lowest BCUT2D eigenvalue weighted by molar-refractivity contribution is 0.230. The van der Waals surface area contributed by atoms with E-state index in [4.69, 9.17) is 9.05 Å². The summed E-state index contributed by atoms with van der Waals surface area (Å²) < 4.78 is 24.0. The van der Waals surface area contributed by atoms with Gasteiger partial charge in [0.05, 0.1) is 13.2 Å². The van der Waals surface area contributed by atoms with Gasteiger partial charge in [-0.15, -0.1) is 0 Å². The minimum atomic E-state index is -3.38. The molecule has 1 aromatic carbocycles. The molecule has 2 aromatic rings. The van der Waals surface area contributed by atoms with Gasteiger partial charge in [0.25, 0.3) is 0 Å². The molecule has 0 bridgehead atoms. The molecule has 0 fully saturated rings. The second-order valence-corrected chi connectivity index (χ2v) is 7.05. The zero-order valence-corrected chi connectivity index (χ0v) is 14.7. The van der Waals surface area contributed by atoms with Crippen LogP contribution in [0.15, 0.2) is 42.6 Å². The molecule has 0 amide bonds. The molecule has 0 atom stereocenters. The van der Waals surface area contributed by atoms with Crippen LogP contribution in [0, 0.1) is 6.92 Å². The lowest BCUT2D eigenvalue weighted by Gasteiger charge is -2.20. The van der Waals surface area contributed by atoms with Crippen LogP contribution in [0.2, 0.25) is 0 Å². The quantitative estimate of drug-likeness (QED) is 0.742. The van der Waals surface area contributed by atoms with E-state index in [9.17, 15) is 4.57 Å². The third kappa shape index (κ3) is 4.64. The first-order valence-electron chi connectivity index (χ1n) is 7.73. The molecule has 0 radical (unpaired) electrons. The van der Waals surface area contributed by atoms with Crippen molar-refractivity contribution < 1.29 is 13.6 Å². The molecule has 124 valence electrons. The molecule has 5 nitrogen and oxygen atoms in total. The van der Waals surface area contributed by atoms with Crippen LogP contribution in [0.4, 0.5) is 5.82 Å². The number of nitrogens with zero attached hydrogens (tertiary/aromatic N) is 1. The molecule has 0 aliphatic heterocycles. The summed E-state index contributed by atoms with van der Waals surface area (Å²) in [4.78, 5) is 4.38. The Bertz CT molecular complexity index is 667. The van der Waals surface area contributed by atoms with Gasteiger partial charge in [0.2, 0.25) is 0 Å². The van der Waals surface area contributed by atoms with E-state index in [0.717, 1.165) is 11.1 Å². The SMILES string of the molecule is CCOP(=O)(OCC)c1cc(C)cnc1NCc1ccccc1. The molecule has 0 saturated carbocycles. The van der Waals surface area contributed by atoms with E-state index in [0.29, 0.717) is 30.9 Å². The van der Waals surface area contributed by atoms with Gasteiger partial charge < -0.3 is 14.4 Å². The van der Waals surface area contributed by atoms with E-state index in [1.807, 2.05) is 43.3 Å². The van der Waals surface area contributed by atoms with Crippen molar-refractivity contribution in [1.29, 1.82) is 0 Å². The average Bonchev–Trinajstić information content (AvgIpc) is 2.55. The Morgan fingerprint density at radius 3 is 2.39 bits per heavy atom. The first-order valence-corrected chi connectivity index (χ1v) is 9.27. The van der Waals surface area contributed by atoms with Crippen LogP contribution in [0.5, 0.6) is 0 Å². The van der Waals surface area contributed by atoms with Crippen LogP contribution in [0.3, 0.4) is 0 Å². The Balaban J connectivity index is 2.31. The van der Waals surface area contributed by atoms with Crippen LogP contribution < -0.4 is 10.6 Å². The number of anilines is 1. The lowest BCUT2D eigenvalue weighted by atomic mass is 10.2. The zero-order chi connectivity index (χ0) is 16.7. The van der Waals surface area contributed by atoms with Crippen molar-refractivity contribution in [2.45, 2.75) is 27.3 Å². The summed E-state index contributed by atoms with van der Waals surface area (Å²) >= 11 is 0. The number of aryl methyl sites for hydroxylation is 1. The van der Waals surface area contributed by atoms with Gasteiger partial charge in [-0.05, 0) is 38.0 Å². The predicted molar refractivity (Wildman–Crippen MR) is 93.2 cm³/mol. The summed E-state index contributed by atoms with van der Waals surface area (Å²) in [7, 11) is -3.38. The van der Waals surface area contributed by atoms with Gasteiger partial charge in [-0.2, -0.15) is 0 Å². The Hall–Kier alpha value is -1.68. The number of hydrogen-bond acceptors (Lipinski definition) is 5. The summed E-state index contributed by atoms with van der Waals surface area (Å²) in [5.74, 6) is 0.532. The number of aromatic nitrogens is 1. The van der Waals surface area contributed by atoms with Crippen LogP contribution in [0.1, 0.15) is 25.0 Å². The van der Waals surface area contributed by atoms with E-state index in [2.05, 4.69) is 10.3 Å². The van der Waals surface area contributed by atoms with Gasteiger partial charge in [0.15, 0.2) is 0 Å². The highest BCUT2D eigenvalue weighted by Crippen LogP contribution is 2.48. The van der Waals surface area contributed by atoms with Gasteiger partial charge in [-0.1, -0.05) is 30.3 Å². The fourth-order valence-corrected chi connectivity index (χ4v) is 3.99. The molecular weight excluding hydrogens is 311 g/mol. The monoisotopic (exact) mass is 334 g/mol. The summed E-state index contributed by atoms with van der Waals surface area (Å²) in [6.45, 7) is 6.70. The van der Waals surface area contributed by atoms with Crippen LogP contribution in [-0.4, -0.2) is 18.2 Å². The van der Waals surface area contributed by atoms with Crippen molar-refractivity contribution >= 4 is 18.7 Å². The first kappa shape index (κ1) is 17.7. The van der Waals surface area contributed by atoms with Crippen molar-refractivity contribution in [2.24, 2.45) is 0 Å². The van der Waals surface area contributed by atoms with Gasteiger partial charge in [0, 0.05) is 12.7 Å². The Kier molecular flexibility index (Phi) is 6.34. The van der Waals surface area contributed by atoms with Crippen LogP contribution >= 0.6 is 7.60 Å². The second-order valence-electron chi connectivity index (χ2n) is 5.05. The molecule has 23 heavy (non-hydrogen) atoms. The molecule has 0 aliphatic carbocycles.